The van der Waals surface area contributed by atoms with E-state index in [1.165, 1.54) is 26.2 Å². The average Bonchev–Trinajstić information content (AvgIpc) is 3.03. The number of carbonyl (C=O) groups excluding carboxylic acids is 2. The number of methoxy groups -OCH3 is 3. The van der Waals surface area contributed by atoms with Crippen molar-refractivity contribution in [3.63, 3.8) is 0 Å². The fourth-order valence-electron chi connectivity index (χ4n) is 3.57. The van der Waals surface area contributed by atoms with Gasteiger partial charge in [-0.2, -0.15) is 0 Å². The number of nitrogens with zero attached hydrogens (tertiary/aromatic N) is 1. The highest BCUT2D eigenvalue weighted by Gasteiger charge is 2.38. The minimum absolute atomic E-state index is 0.196. The van der Waals surface area contributed by atoms with Crippen LogP contribution in [0.15, 0.2) is 42.1 Å². The van der Waals surface area contributed by atoms with Crippen LogP contribution in [0.4, 0.5) is 5.69 Å². The molecule has 8 nitrogen and oxygen atoms in total. The maximum absolute atomic E-state index is 13.2. The molecule has 1 aliphatic heterocycles. The lowest BCUT2D eigenvalue weighted by molar-refractivity contribution is -0.136. The lowest BCUT2D eigenvalue weighted by Gasteiger charge is -2.16. The molecule has 2 aromatic carbocycles. The van der Waals surface area contributed by atoms with Gasteiger partial charge in [0.05, 0.1) is 33.5 Å². The smallest absolute Gasteiger partial charge is 0.278 e. The highest BCUT2D eigenvalue weighted by Crippen LogP contribution is 2.41. The molecular formula is C24H28N2O6. The van der Waals surface area contributed by atoms with Crippen LogP contribution in [0.1, 0.15) is 25.8 Å². The third kappa shape index (κ3) is 4.34. The number of amides is 2. The van der Waals surface area contributed by atoms with E-state index in [0.29, 0.717) is 59.4 Å². The molecule has 170 valence electrons. The molecule has 0 spiro atoms. The third-order valence-electron chi connectivity index (χ3n) is 5.00. The van der Waals surface area contributed by atoms with Gasteiger partial charge in [-0.1, -0.05) is 19.1 Å². The fourth-order valence-corrected chi connectivity index (χ4v) is 3.57. The van der Waals surface area contributed by atoms with Gasteiger partial charge in [-0.3, -0.25) is 14.5 Å². The van der Waals surface area contributed by atoms with Crippen molar-refractivity contribution in [2.24, 2.45) is 0 Å². The maximum atomic E-state index is 13.2. The molecule has 0 saturated carbocycles. The average molecular weight is 440 g/mol. The van der Waals surface area contributed by atoms with Crippen molar-refractivity contribution < 1.29 is 28.5 Å². The van der Waals surface area contributed by atoms with Crippen molar-refractivity contribution in [1.29, 1.82) is 0 Å². The Morgan fingerprint density at radius 3 is 2.00 bits per heavy atom. The Hall–Kier alpha value is -3.68. The molecule has 0 fully saturated rings. The summed E-state index contributed by atoms with van der Waals surface area (Å²) in [6, 6.07) is 10.5. The molecule has 1 aliphatic rings. The number of carbonyl (C=O) groups is 2. The molecule has 0 bridgehead atoms. The van der Waals surface area contributed by atoms with E-state index in [1.54, 1.807) is 36.4 Å². The summed E-state index contributed by atoms with van der Waals surface area (Å²) in [6.07, 6.45) is 0.658. The zero-order valence-corrected chi connectivity index (χ0v) is 19.0. The second-order valence-electron chi connectivity index (χ2n) is 7.01. The summed E-state index contributed by atoms with van der Waals surface area (Å²) >= 11 is 0. The Balaban J connectivity index is 2.08. The van der Waals surface area contributed by atoms with E-state index >= 15 is 0 Å². The molecule has 0 aromatic heterocycles. The summed E-state index contributed by atoms with van der Waals surface area (Å²) in [5.74, 6) is 1.27. The van der Waals surface area contributed by atoms with Crippen LogP contribution in [-0.2, 0) is 9.59 Å². The Bertz CT molecular complexity index is 1000. The first-order valence-corrected chi connectivity index (χ1v) is 10.4. The zero-order valence-electron chi connectivity index (χ0n) is 19.0. The number of hydrogen-bond donors (Lipinski definition) is 1. The molecule has 3 rings (SSSR count). The molecule has 2 amide bonds. The molecule has 0 aliphatic carbocycles. The predicted molar refractivity (Wildman–Crippen MR) is 121 cm³/mol. The van der Waals surface area contributed by atoms with E-state index in [4.69, 9.17) is 18.9 Å². The normalized spacial score (nSPS) is 13.5. The molecule has 1 N–H and O–H groups in total. The number of benzene rings is 2. The van der Waals surface area contributed by atoms with Crippen molar-refractivity contribution in [3.8, 4) is 23.0 Å². The number of imide groups is 1. The number of nitrogens with one attached hydrogen (secondary N) is 1. The Labute approximate surface area is 187 Å². The Morgan fingerprint density at radius 1 is 0.875 bits per heavy atom. The van der Waals surface area contributed by atoms with Crippen molar-refractivity contribution in [2.45, 2.75) is 20.3 Å². The fraction of sp³-hybridized carbons (Fsp3) is 0.333. The van der Waals surface area contributed by atoms with Crippen molar-refractivity contribution in [2.75, 3.05) is 39.8 Å². The van der Waals surface area contributed by atoms with E-state index in [9.17, 15) is 9.59 Å². The highest BCUT2D eigenvalue weighted by atomic mass is 16.5. The van der Waals surface area contributed by atoms with Gasteiger partial charge in [0.2, 0.25) is 5.75 Å². The van der Waals surface area contributed by atoms with Crippen molar-refractivity contribution in [1.82, 2.24) is 4.90 Å². The van der Waals surface area contributed by atoms with Gasteiger partial charge in [0.25, 0.3) is 11.8 Å². The molecule has 0 atom stereocenters. The summed E-state index contributed by atoms with van der Waals surface area (Å²) in [7, 11) is 4.54. The molecule has 32 heavy (non-hydrogen) atoms. The van der Waals surface area contributed by atoms with Gasteiger partial charge in [-0.05, 0) is 31.0 Å². The quantitative estimate of drug-likeness (QED) is 0.564. The molecule has 0 radical (unpaired) electrons. The maximum Gasteiger partial charge on any atom is 0.278 e. The summed E-state index contributed by atoms with van der Waals surface area (Å²) in [6.45, 7) is 4.69. The lowest BCUT2D eigenvalue weighted by atomic mass is 10.0. The van der Waals surface area contributed by atoms with Crippen LogP contribution in [0.25, 0.3) is 5.57 Å². The molecule has 2 aromatic rings. The molecule has 8 heteroatoms. The minimum atomic E-state index is -0.380. The van der Waals surface area contributed by atoms with Gasteiger partial charge < -0.3 is 24.3 Å². The standard InChI is InChI=1S/C24H28N2O6/c1-6-12-26-23(27)20(15-8-10-17(11-9-15)32-7-2)21(24(26)28)25-16-13-18(29-3)22(31-5)19(14-16)30-4/h8-11,13-14,25H,6-7,12H2,1-5H3. The predicted octanol–water partition coefficient (Wildman–Crippen LogP) is 3.71. The first-order valence-electron chi connectivity index (χ1n) is 10.4. The highest BCUT2D eigenvalue weighted by molar-refractivity contribution is 6.36. The van der Waals surface area contributed by atoms with Gasteiger partial charge in [0.1, 0.15) is 11.4 Å². The monoisotopic (exact) mass is 440 g/mol. The van der Waals surface area contributed by atoms with Gasteiger partial charge >= 0.3 is 0 Å². The van der Waals surface area contributed by atoms with Crippen molar-refractivity contribution in [3.05, 3.63) is 47.7 Å². The lowest BCUT2D eigenvalue weighted by Crippen LogP contribution is -2.33. The first kappa shape index (κ1) is 23.0. The van der Waals surface area contributed by atoms with Crippen LogP contribution >= 0.6 is 0 Å². The molecule has 0 unspecified atom stereocenters. The van der Waals surface area contributed by atoms with Gasteiger partial charge in [0.15, 0.2) is 11.5 Å². The molecular weight excluding hydrogens is 412 g/mol. The van der Waals surface area contributed by atoms with Crippen molar-refractivity contribution >= 4 is 23.1 Å². The van der Waals surface area contributed by atoms with Crippen LogP contribution in [0.5, 0.6) is 23.0 Å². The second kappa shape index (κ2) is 10.1. The topological polar surface area (TPSA) is 86.3 Å². The Kier molecular flexibility index (Phi) is 7.25. The first-order chi connectivity index (χ1) is 15.5. The number of ether oxygens (including phenoxy) is 4. The largest absolute Gasteiger partial charge is 0.494 e. The molecule has 1 heterocycles. The Morgan fingerprint density at radius 2 is 1.50 bits per heavy atom. The van der Waals surface area contributed by atoms with Crippen LogP contribution in [0.2, 0.25) is 0 Å². The minimum Gasteiger partial charge on any atom is -0.494 e. The van der Waals surface area contributed by atoms with Gasteiger partial charge in [-0.25, -0.2) is 0 Å². The van der Waals surface area contributed by atoms with E-state index in [1.807, 2.05) is 13.8 Å². The summed E-state index contributed by atoms with van der Waals surface area (Å²) in [4.78, 5) is 27.6. The van der Waals surface area contributed by atoms with Crippen LogP contribution in [-0.4, -0.2) is 51.2 Å². The summed E-state index contributed by atoms with van der Waals surface area (Å²) in [5.41, 5.74) is 1.65. The van der Waals surface area contributed by atoms with E-state index < -0.39 is 0 Å². The van der Waals surface area contributed by atoms with Gasteiger partial charge in [-0.15, -0.1) is 0 Å². The van der Waals surface area contributed by atoms with Crippen LogP contribution in [0.3, 0.4) is 0 Å². The number of hydrogen-bond acceptors (Lipinski definition) is 7. The SMILES string of the molecule is CCCN1C(=O)C(Nc2cc(OC)c(OC)c(OC)c2)=C(c2ccc(OCC)cc2)C1=O. The zero-order chi connectivity index (χ0) is 23.3. The van der Waals surface area contributed by atoms with Crippen LogP contribution < -0.4 is 24.3 Å². The van der Waals surface area contributed by atoms with E-state index in [0.717, 1.165) is 0 Å². The number of anilines is 1. The summed E-state index contributed by atoms with van der Waals surface area (Å²) in [5, 5.41) is 3.12. The van der Waals surface area contributed by atoms with E-state index in [-0.39, 0.29) is 17.5 Å². The summed E-state index contributed by atoms with van der Waals surface area (Å²) < 4.78 is 21.7. The van der Waals surface area contributed by atoms with Gasteiger partial charge in [0, 0.05) is 24.4 Å². The second-order valence-corrected chi connectivity index (χ2v) is 7.01. The third-order valence-corrected chi connectivity index (χ3v) is 5.00. The van der Waals surface area contributed by atoms with Crippen LogP contribution in [0, 0.1) is 0 Å². The number of rotatable bonds is 10. The molecule has 0 saturated heterocycles. The van der Waals surface area contributed by atoms with E-state index in [2.05, 4.69) is 5.32 Å².